The number of nitrogens with two attached hydrogens (primary N) is 1. The van der Waals surface area contributed by atoms with E-state index in [4.69, 9.17) is 15.2 Å². The Kier molecular flexibility index (Phi) is 4.65. The number of piperidine rings is 1. The van der Waals surface area contributed by atoms with Crippen molar-refractivity contribution in [1.29, 1.82) is 0 Å². The number of hydrogen-bond donors (Lipinski definition) is 1. The Morgan fingerprint density at radius 3 is 2.80 bits per heavy atom. The lowest BCUT2D eigenvalue weighted by atomic mass is 9.96. The quantitative estimate of drug-likeness (QED) is 0.905. The number of nitrogens with zero attached hydrogens (tertiary/aromatic N) is 3. The first-order valence-corrected chi connectivity index (χ1v) is 7.07. The van der Waals surface area contributed by atoms with Gasteiger partial charge in [-0.25, -0.2) is 4.98 Å². The molecule has 2 unspecified atom stereocenters. The van der Waals surface area contributed by atoms with E-state index >= 15 is 0 Å². The topological polar surface area (TPSA) is 73.5 Å². The molecule has 2 heterocycles. The summed E-state index contributed by atoms with van der Waals surface area (Å²) in [5.41, 5.74) is 6.66. The summed E-state index contributed by atoms with van der Waals surface area (Å²) in [5, 5.41) is 0. The second-order valence-corrected chi connectivity index (χ2v) is 5.57. The van der Waals surface area contributed by atoms with Crippen LogP contribution in [-0.4, -0.2) is 42.4 Å². The Morgan fingerprint density at radius 1 is 1.40 bits per heavy atom. The summed E-state index contributed by atoms with van der Waals surface area (Å²) < 4.78 is 11.1. The molecule has 0 saturated carbocycles. The van der Waals surface area contributed by atoms with E-state index in [1.165, 1.54) is 6.33 Å². The van der Waals surface area contributed by atoms with Crippen LogP contribution in [0, 0.1) is 5.92 Å². The molecule has 20 heavy (non-hydrogen) atoms. The zero-order chi connectivity index (χ0) is 14.7. The van der Waals surface area contributed by atoms with Crippen LogP contribution in [-0.2, 0) is 4.74 Å². The van der Waals surface area contributed by atoms with Gasteiger partial charge in [-0.3, -0.25) is 0 Å². The summed E-state index contributed by atoms with van der Waals surface area (Å²) >= 11 is 0. The Morgan fingerprint density at radius 2 is 2.15 bits per heavy atom. The van der Waals surface area contributed by atoms with Crippen LogP contribution >= 0.6 is 0 Å². The van der Waals surface area contributed by atoms with Crippen LogP contribution in [0.3, 0.4) is 0 Å². The predicted octanol–water partition coefficient (Wildman–Crippen LogP) is 1.71. The number of aromatic nitrogens is 2. The van der Waals surface area contributed by atoms with Crippen molar-refractivity contribution in [2.45, 2.75) is 39.4 Å². The molecule has 1 aromatic rings. The number of rotatable bonds is 4. The number of hydrogen-bond acceptors (Lipinski definition) is 6. The van der Waals surface area contributed by atoms with Gasteiger partial charge in [0.25, 0.3) is 0 Å². The summed E-state index contributed by atoms with van der Waals surface area (Å²) in [7, 11) is 1.75. The fourth-order valence-corrected chi connectivity index (χ4v) is 2.47. The van der Waals surface area contributed by atoms with E-state index in [-0.39, 0.29) is 12.2 Å². The van der Waals surface area contributed by atoms with Gasteiger partial charge in [-0.15, -0.1) is 0 Å². The van der Waals surface area contributed by atoms with Crippen molar-refractivity contribution in [3.05, 3.63) is 6.33 Å². The Labute approximate surface area is 120 Å². The minimum atomic E-state index is 0.0353. The Balaban J connectivity index is 2.20. The Hall–Kier alpha value is -1.56. The molecule has 2 N–H and O–H groups in total. The fourth-order valence-electron chi connectivity index (χ4n) is 2.47. The van der Waals surface area contributed by atoms with E-state index in [2.05, 4.69) is 21.8 Å². The molecule has 2 atom stereocenters. The highest BCUT2D eigenvalue weighted by molar-refractivity contribution is 5.68. The molecule has 1 aliphatic rings. The van der Waals surface area contributed by atoms with Crippen LogP contribution < -0.4 is 15.4 Å². The summed E-state index contributed by atoms with van der Waals surface area (Å²) in [6.45, 7) is 7.82. The third-order valence-corrected chi connectivity index (χ3v) is 3.67. The molecule has 0 aromatic carbocycles. The smallest absolute Gasteiger partial charge is 0.242 e. The van der Waals surface area contributed by atoms with Gasteiger partial charge in [0.05, 0.1) is 12.2 Å². The SMILES string of the molecule is COC1CN(c2ncnc(OC(C)C)c2N)CCC1C. The van der Waals surface area contributed by atoms with Crippen LogP contribution in [0.25, 0.3) is 0 Å². The van der Waals surface area contributed by atoms with Crippen LogP contribution in [0.1, 0.15) is 27.2 Å². The van der Waals surface area contributed by atoms with Crippen molar-refractivity contribution in [3.8, 4) is 5.88 Å². The maximum atomic E-state index is 6.15. The summed E-state index contributed by atoms with van der Waals surface area (Å²) in [6.07, 6.45) is 2.80. The normalized spacial score (nSPS) is 23.1. The van der Waals surface area contributed by atoms with Gasteiger partial charge >= 0.3 is 0 Å². The van der Waals surface area contributed by atoms with E-state index < -0.39 is 0 Å². The van der Waals surface area contributed by atoms with Crippen molar-refractivity contribution >= 4 is 11.5 Å². The number of anilines is 2. The maximum Gasteiger partial charge on any atom is 0.242 e. The monoisotopic (exact) mass is 280 g/mol. The molecule has 6 nitrogen and oxygen atoms in total. The average Bonchev–Trinajstić information content (AvgIpc) is 2.41. The largest absolute Gasteiger partial charge is 0.473 e. The van der Waals surface area contributed by atoms with E-state index in [1.807, 2.05) is 13.8 Å². The summed E-state index contributed by atoms with van der Waals surface area (Å²) in [6, 6.07) is 0. The van der Waals surface area contributed by atoms with Crippen molar-refractivity contribution in [2.24, 2.45) is 5.92 Å². The molecule has 2 rings (SSSR count). The van der Waals surface area contributed by atoms with Gasteiger partial charge in [0.15, 0.2) is 5.82 Å². The van der Waals surface area contributed by atoms with Gasteiger partial charge in [-0.05, 0) is 26.2 Å². The lowest BCUT2D eigenvalue weighted by Gasteiger charge is -2.37. The highest BCUT2D eigenvalue weighted by Gasteiger charge is 2.28. The molecular weight excluding hydrogens is 256 g/mol. The van der Waals surface area contributed by atoms with E-state index in [9.17, 15) is 0 Å². The predicted molar refractivity (Wildman–Crippen MR) is 79.0 cm³/mol. The molecule has 1 fully saturated rings. The first-order chi connectivity index (χ1) is 9.52. The lowest BCUT2D eigenvalue weighted by Crippen LogP contribution is -2.44. The van der Waals surface area contributed by atoms with Crippen LogP contribution in [0.5, 0.6) is 5.88 Å². The molecule has 112 valence electrons. The number of nitrogen functional groups attached to an aromatic ring is 1. The number of ether oxygens (including phenoxy) is 2. The van der Waals surface area contributed by atoms with E-state index in [0.717, 1.165) is 25.3 Å². The zero-order valence-corrected chi connectivity index (χ0v) is 12.7. The molecule has 1 aromatic heterocycles. The maximum absolute atomic E-state index is 6.15. The zero-order valence-electron chi connectivity index (χ0n) is 12.7. The molecule has 0 radical (unpaired) electrons. The summed E-state index contributed by atoms with van der Waals surface area (Å²) in [5.74, 6) is 1.74. The van der Waals surface area contributed by atoms with E-state index in [1.54, 1.807) is 7.11 Å². The average molecular weight is 280 g/mol. The molecule has 0 amide bonds. The van der Waals surface area contributed by atoms with Crippen molar-refractivity contribution in [2.75, 3.05) is 30.8 Å². The highest BCUT2D eigenvalue weighted by Crippen LogP contribution is 2.31. The minimum absolute atomic E-state index is 0.0353. The standard InChI is InChI=1S/C14H24N4O2/c1-9(2)20-14-12(15)13(16-8-17-14)18-6-5-10(3)11(7-18)19-4/h8-11H,5-7,15H2,1-4H3. The second kappa shape index (κ2) is 6.26. The summed E-state index contributed by atoms with van der Waals surface area (Å²) in [4.78, 5) is 10.6. The molecule has 1 saturated heterocycles. The van der Waals surface area contributed by atoms with Gasteiger partial charge in [0.1, 0.15) is 12.0 Å². The van der Waals surface area contributed by atoms with Crippen molar-refractivity contribution in [1.82, 2.24) is 9.97 Å². The van der Waals surface area contributed by atoms with Crippen LogP contribution in [0.4, 0.5) is 11.5 Å². The Bertz CT molecular complexity index is 453. The second-order valence-electron chi connectivity index (χ2n) is 5.57. The fraction of sp³-hybridized carbons (Fsp3) is 0.714. The van der Waals surface area contributed by atoms with Crippen molar-refractivity contribution in [3.63, 3.8) is 0 Å². The highest BCUT2D eigenvalue weighted by atomic mass is 16.5. The van der Waals surface area contributed by atoms with Gasteiger partial charge < -0.3 is 20.1 Å². The molecular formula is C14H24N4O2. The number of methoxy groups -OCH3 is 1. The molecule has 0 aliphatic carbocycles. The third-order valence-electron chi connectivity index (χ3n) is 3.67. The van der Waals surface area contributed by atoms with Gasteiger partial charge in [-0.2, -0.15) is 4.98 Å². The van der Waals surface area contributed by atoms with E-state index in [0.29, 0.717) is 17.5 Å². The first-order valence-electron chi connectivity index (χ1n) is 7.07. The third kappa shape index (κ3) is 3.12. The van der Waals surface area contributed by atoms with Gasteiger partial charge in [-0.1, -0.05) is 6.92 Å². The van der Waals surface area contributed by atoms with Gasteiger partial charge in [0.2, 0.25) is 5.88 Å². The lowest BCUT2D eigenvalue weighted by molar-refractivity contribution is 0.0496. The molecule has 0 bridgehead atoms. The molecule has 0 spiro atoms. The van der Waals surface area contributed by atoms with Crippen LogP contribution in [0.2, 0.25) is 0 Å². The first kappa shape index (κ1) is 14.8. The minimum Gasteiger partial charge on any atom is -0.473 e. The molecule has 6 heteroatoms. The molecule has 1 aliphatic heterocycles. The van der Waals surface area contributed by atoms with Gasteiger partial charge in [0, 0.05) is 20.2 Å². The van der Waals surface area contributed by atoms with Crippen molar-refractivity contribution < 1.29 is 9.47 Å². The van der Waals surface area contributed by atoms with Crippen LogP contribution in [0.15, 0.2) is 6.33 Å².